The molecule has 1 saturated heterocycles. The molecular weight excluding hydrogens is 392 g/mol. The number of piperazine rings is 1. The molecule has 3 rings (SSSR count). The zero-order chi connectivity index (χ0) is 16.2. The van der Waals surface area contributed by atoms with Crippen molar-refractivity contribution < 1.29 is 9.69 Å². The summed E-state index contributed by atoms with van der Waals surface area (Å²) in [4.78, 5) is 19.6. The van der Waals surface area contributed by atoms with Crippen molar-refractivity contribution in [2.24, 2.45) is 0 Å². The third kappa shape index (κ3) is 4.76. The van der Waals surface area contributed by atoms with Gasteiger partial charge in [-0.1, -0.05) is 0 Å². The van der Waals surface area contributed by atoms with E-state index in [-0.39, 0.29) is 5.91 Å². The zero-order valence-corrected chi connectivity index (χ0v) is 16.3. The van der Waals surface area contributed by atoms with Crippen molar-refractivity contribution in [3.8, 4) is 0 Å². The van der Waals surface area contributed by atoms with Gasteiger partial charge in [0.15, 0.2) is 0 Å². The molecule has 0 unspecified atom stereocenters. The van der Waals surface area contributed by atoms with Crippen LogP contribution in [0.25, 0.3) is 6.08 Å². The van der Waals surface area contributed by atoms with Crippen molar-refractivity contribution in [2.45, 2.75) is 13.5 Å². The highest BCUT2D eigenvalue weighted by Gasteiger charge is 2.22. The fraction of sp³-hybridized carbons (Fsp3) is 0.353. The quantitative estimate of drug-likeness (QED) is 0.768. The molecule has 2 aromatic heterocycles. The van der Waals surface area contributed by atoms with Crippen molar-refractivity contribution in [2.75, 3.05) is 26.2 Å². The zero-order valence-electron chi connectivity index (χ0n) is 13.0. The molecule has 1 aliphatic heterocycles. The van der Waals surface area contributed by atoms with E-state index < -0.39 is 0 Å². The molecule has 0 atom stereocenters. The van der Waals surface area contributed by atoms with Gasteiger partial charge >= 0.3 is 0 Å². The van der Waals surface area contributed by atoms with Crippen LogP contribution in [0.1, 0.15) is 14.6 Å². The second-order valence-corrected chi connectivity index (χ2v) is 9.61. The fourth-order valence-corrected chi connectivity index (χ4v) is 5.05. The summed E-state index contributed by atoms with van der Waals surface area (Å²) in [7, 11) is 0. The Bertz CT molecular complexity index is 699. The number of quaternary nitrogens is 1. The third-order valence-corrected chi connectivity index (χ3v) is 6.58. The Labute approximate surface area is 153 Å². The number of halogens is 1. The van der Waals surface area contributed by atoms with Crippen LogP contribution in [-0.4, -0.2) is 37.0 Å². The highest BCUT2D eigenvalue weighted by molar-refractivity contribution is 9.11. The van der Waals surface area contributed by atoms with E-state index in [9.17, 15) is 4.79 Å². The average molecular weight is 412 g/mol. The summed E-state index contributed by atoms with van der Waals surface area (Å²) < 4.78 is 1.19. The van der Waals surface area contributed by atoms with Gasteiger partial charge in [-0.05, 0) is 53.2 Å². The minimum absolute atomic E-state index is 0.133. The molecule has 1 amide bonds. The Kier molecular flexibility index (Phi) is 5.69. The highest BCUT2D eigenvalue weighted by atomic mass is 79.9. The van der Waals surface area contributed by atoms with Crippen molar-refractivity contribution in [3.05, 3.63) is 48.8 Å². The molecule has 0 spiro atoms. The van der Waals surface area contributed by atoms with Gasteiger partial charge in [0, 0.05) is 15.8 Å². The van der Waals surface area contributed by atoms with Crippen LogP contribution in [0.2, 0.25) is 0 Å². The largest absolute Gasteiger partial charge is 0.328 e. The van der Waals surface area contributed by atoms with Gasteiger partial charge in [0.05, 0.1) is 34.8 Å². The molecule has 23 heavy (non-hydrogen) atoms. The lowest BCUT2D eigenvalue weighted by atomic mass is 10.3. The average Bonchev–Trinajstić information content (AvgIpc) is 3.14. The van der Waals surface area contributed by atoms with Gasteiger partial charge in [-0.3, -0.25) is 4.79 Å². The second kappa shape index (κ2) is 7.75. The Morgan fingerprint density at radius 3 is 2.65 bits per heavy atom. The lowest BCUT2D eigenvalue weighted by Gasteiger charge is -2.31. The van der Waals surface area contributed by atoms with E-state index >= 15 is 0 Å². The Balaban J connectivity index is 1.48. The van der Waals surface area contributed by atoms with Gasteiger partial charge < -0.3 is 9.80 Å². The minimum Gasteiger partial charge on any atom is -0.328 e. The van der Waals surface area contributed by atoms with E-state index in [1.165, 1.54) is 13.5 Å². The third-order valence-electron chi connectivity index (χ3n) is 3.99. The Morgan fingerprint density at radius 2 is 2.04 bits per heavy atom. The first-order valence-corrected chi connectivity index (χ1v) is 10.1. The van der Waals surface area contributed by atoms with Crippen LogP contribution in [0.15, 0.2) is 34.1 Å². The Morgan fingerprint density at radius 1 is 1.26 bits per heavy atom. The first-order valence-electron chi connectivity index (χ1n) is 7.71. The first-order chi connectivity index (χ1) is 11.1. The van der Waals surface area contributed by atoms with Gasteiger partial charge in [-0.15, -0.1) is 22.7 Å². The molecule has 0 bridgehead atoms. The topological polar surface area (TPSA) is 24.8 Å². The summed E-state index contributed by atoms with van der Waals surface area (Å²) in [5.41, 5.74) is 0. The van der Waals surface area contributed by atoms with Crippen LogP contribution in [0.3, 0.4) is 0 Å². The smallest absolute Gasteiger partial charge is 0.247 e. The minimum atomic E-state index is 0.133. The fourth-order valence-electron chi connectivity index (χ4n) is 2.72. The van der Waals surface area contributed by atoms with Crippen molar-refractivity contribution in [3.63, 3.8) is 0 Å². The predicted octanol–water partition coefficient (Wildman–Crippen LogP) is 2.82. The number of amides is 1. The van der Waals surface area contributed by atoms with Crippen LogP contribution in [-0.2, 0) is 11.3 Å². The molecule has 0 aromatic carbocycles. The number of hydrogen-bond acceptors (Lipinski definition) is 3. The SMILES string of the molecule is Cc1ccc(/C=C/C(=O)N2CC[NH+](Cc3ccc(Br)s3)CC2)s1. The molecule has 122 valence electrons. The van der Waals surface area contributed by atoms with E-state index in [0.717, 1.165) is 37.6 Å². The molecule has 0 saturated carbocycles. The van der Waals surface area contributed by atoms with Crippen LogP contribution < -0.4 is 4.90 Å². The van der Waals surface area contributed by atoms with Crippen LogP contribution in [0.4, 0.5) is 0 Å². The van der Waals surface area contributed by atoms with Gasteiger partial charge in [0.1, 0.15) is 6.54 Å². The van der Waals surface area contributed by atoms with Gasteiger partial charge in [0.25, 0.3) is 0 Å². The van der Waals surface area contributed by atoms with E-state index in [4.69, 9.17) is 0 Å². The second-order valence-electron chi connectivity index (χ2n) is 5.74. The molecule has 1 N–H and O–H groups in total. The molecular formula is C17H20BrN2OS2+. The van der Waals surface area contributed by atoms with Crippen LogP contribution >= 0.6 is 38.6 Å². The van der Waals surface area contributed by atoms with Crippen molar-refractivity contribution >= 4 is 50.6 Å². The number of carbonyl (C=O) groups excluding carboxylic acids is 1. The lowest BCUT2D eigenvalue weighted by molar-refractivity contribution is -0.917. The van der Waals surface area contributed by atoms with E-state index in [2.05, 4.69) is 47.1 Å². The summed E-state index contributed by atoms with van der Waals surface area (Å²) in [5.74, 6) is 0.133. The highest BCUT2D eigenvalue weighted by Crippen LogP contribution is 2.21. The number of carbonyl (C=O) groups is 1. The summed E-state index contributed by atoms with van der Waals surface area (Å²) in [6, 6.07) is 8.44. The summed E-state index contributed by atoms with van der Waals surface area (Å²) in [6.45, 7) is 6.87. The lowest BCUT2D eigenvalue weighted by Crippen LogP contribution is -3.13. The maximum Gasteiger partial charge on any atom is 0.247 e. The number of thiophene rings is 2. The number of nitrogens with zero attached hydrogens (tertiary/aromatic N) is 1. The van der Waals surface area contributed by atoms with Gasteiger partial charge in [-0.2, -0.15) is 0 Å². The maximum absolute atomic E-state index is 12.3. The van der Waals surface area contributed by atoms with Crippen molar-refractivity contribution in [1.29, 1.82) is 0 Å². The maximum atomic E-state index is 12.3. The summed E-state index contributed by atoms with van der Waals surface area (Å²) in [5, 5.41) is 0. The molecule has 1 fully saturated rings. The van der Waals surface area contributed by atoms with E-state index in [1.807, 2.05) is 11.0 Å². The van der Waals surface area contributed by atoms with E-state index in [0.29, 0.717) is 0 Å². The molecule has 2 aromatic rings. The summed E-state index contributed by atoms with van der Waals surface area (Å²) >= 11 is 7.03. The molecule has 1 aliphatic rings. The Hall–Kier alpha value is -0.950. The van der Waals surface area contributed by atoms with Crippen LogP contribution in [0, 0.1) is 6.92 Å². The number of nitrogens with one attached hydrogen (secondary N) is 1. The van der Waals surface area contributed by atoms with Gasteiger partial charge in [-0.25, -0.2) is 0 Å². The van der Waals surface area contributed by atoms with E-state index in [1.54, 1.807) is 33.6 Å². The van der Waals surface area contributed by atoms with Crippen LogP contribution in [0.5, 0.6) is 0 Å². The number of aryl methyl sites for hydroxylation is 1. The summed E-state index contributed by atoms with van der Waals surface area (Å²) in [6.07, 6.45) is 3.65. The molecule has 3 nitrogen and oxygen atoms in total. The predicted molar refractivity (Wildman–Crippen MR) is 101 cm³/mol. The number of rotatable bonds is 4. The molecule has 0 radical (unpaired) electrons. The normalized spacial score (nSPS) is 16.3. The monoisotopic (exact) mass is 411 g/mol. The molecule has 6 heteroatoms. The first kappa shape index (κ1) is 16.9. The number of hydrogen-bond donors (Lipinski definition) is 1. The molecule has 0 aliphatic carbocycles. The molecule has 3 heterocycles. The van der Waals surface area contributed by atoms with Gasteiger partial charge in [0.2, 0.25) is 5.91 Å². The standard InChI is InChI=1S/C17H19BrN2OS2/c1-13-2-3-14(22-13)5-7-17(21)20-10-8-19(9-11-20)12-15-4-6-16(18)23-15/h2-7H,8-12H2,1H3/p+1/b7-5+. The van der Waals surface area contributed by atoms with Crippen molar-refractivity contribution in [1.82, 2.24) is 4.90 Å².